The van der Waals surface area contributed by atoms with Crippen molar-refractivity contribution in [2.24, 2.45) is 5.41 Å². The maximum absolute atomic E-state index is 5.87. The number of rotatable bonds is 6. The maximum Gasteiger partial charge on any atom is 0.0538 e. The topological polar surface area (TPSA) is 15.7 Å². The van der Waals surface area contributed by atoms with E-state index in [2.05, 4.69) is 37.1 Å². The predicted octanol–water partition coefficient (Wildman–Crippen LogP) is 2.48. The number of nitrogens with zero attached hydrogens (tertiary/aromatic N) is 2. The zero-order valence-electron chi connectivity index (χ0n) is 12.7. The lowest BCUT2D eigenvalue weighted by atomic mass is 10.1. The molecule has 3 rings (SSSR count). The second kappa shape index (κ2) is 4.78. The summed E-state index contributed by atoms with van der Waals surface area (Å²) in [6.45, 7) is 15.2. The summed E-state index contributed by atoms with van der Waals surface area (Å²) < 4.78 is 5.87. The molecule has 19 heavy (non-hydrogen) atoms. The summed E-state index contributed by atoms with van der Waals surface area (Å²) in [6, 6.07) is 1.49. The molecule has 3 aliphatic rings. The van der Waals surface area contributed by atoms with Crippen LogP contribution >= 0.6 is 0 Å². The van der Waals surface area contributed by atoms with Gasteiger partial charge in [0.1, 0.15) is 0 Å². The van der Waals surface area contributed by atoms with Gasteiger partial charge in [-0.2, -0.15) is 0 Å². The fourth-order valence-corrected chi connectivity index (χ4v) is 3.71. The summed E-state index contributed by atoms with van der Waals surface area (Å²) in [5, 5.41) is 0. The third-order valence-electron chi connectivity index (χ3n) is 5.06. The van der Waals surface area contributed by atoms with Crippen LogP contribution in [0.3, 0.4) is 0 Å². The van der Waals surface area contributed by atoms with Crippen molar-refractivity contribution < 1.29 is 4.74 Å². The third-order valence-corrected chi connectivity index (χ3v) is 5.06. The molecule has 0 aromatic carbocycles. The van der Waals surface area contributed by atoms with Crippen LogP contribution in [0.25, 0.3) is 0 Å². The van der Waals surface area contributed by atoms with Crippen LogP contribution in [0, 0.1) is 5.41 Å². The van der Waals surface area contributed by atoms with Gasteiger partial charge in [-0.3, -0.25) is 4.90 Å². The number of hydrogen-bond acceptors (Lipinski definition) is 3. The average Bonchev–Trinajstić information content (AvgIpc) is 2.81. The molecule has 2 heterocycles. The summed E-state index contributed by atoms with van der Waals surface area (Å²) in [6.07, 6.45) is 4.43. The lowest BCUT2D eigenvalue weighted by molar-refractivity contribution is 0.0240. The van der Waals surface area contributed by atoms with Crippen molar-refractivity contribution >= 4 is 0 Å². The molecule has 0 spiro atoms. The van der Waals surface area contributed by atoms with Crippen molar-refractivity contribution in [3.05, 3.63) is 12.3 Å². The van der Waals surface area contributed by atoms with Crippen LogP contribution in [0.5, 0.6) is 0 Å². The van der Waals surface area contributed by atoms with Crippen molar-refractivity contribution in [3.8, 4) is 0 Å². The summed E-state index contributed by atoms with van der Waals surface area (Å²) >= 11 is 0. The van der Waals surface area contributed by atoms with Gasteiger partial charge in [0.05, 0.1) is 12.7 Å². The van der Waals surface area contributed by atoms with Crippen molar-refractivity contribution in [1.82, 2.24) is 9.80 Å². The SMILES string of the molecule is C=C(C)N1CC2CC1CN2CC1(COC(C)C)CC1. The van der Waals surface area contributed by atoms with Crippen molar-refractivity contribution in [2.75, 3.05) is 26.2 Å². The Bertz CT molecular complexity index is 362. The van der Waals surface area contributed by atoms with E-state index in [4.69, 9.17) is 4.74 Å². The molecule has 0 radical (unpaired) electrons. The minimum atomic E-state index is 0.367. The van der Waals surface area contributed by atoms with E-state index < -0.39 is 0 Å². The van der Waals surface area contributed by atoms with Crippen LogP contribution < -0.4 is 0 Å². The molecule has 2 unspecified atom stereocenters. The van der Waals surface area contributed by atoms with E-state index in [1.165, 1.54) is 44.6 Å². The largest absolute Gasteiger partial charge is 0.378 e. The number of ether oxygens (including phenoxy) is 1. The van der Waals surface area contributed by atoms with Gasteiger partial charge in [-0.1, -0.05) is 6.58 Å². The van der Waals surface area contributed by atoms with E-state index in [1.807, 2.05) is 0 Å². The Morgan fingerprint density at radius 1 is 1.32 bits per heavy atom. The number of likely N-dealkylation sites (tertiary alicyclic amines) is 2. The minimum Gasteiger partial charge on any atom is -0.378 e. The van der Waals surface area contributed by atoms with Crippen LogP contribution in [0.2, 0.25) is 0 Å². The highest BCUT2D eigenvalue weighted by molar-refractivity contribution is 5.09. The first-order valence-corrected chi connectivity index (χ1v) is 7.77. The van der Waals surface area contributed by atoms with Gasteiger partial charge in [-0.05, 0) is 40.0 Å². The lowest BCUT2D eigenvalue weighted by Gasteiger charge is -2.37. The molecule has 0 aromatic heterocycles. The molecule has 2 aliphatic heterocycles. The van der Waals surface area contributed by atoms with Gasteiger partial charge < -0.3 is 9.64 Å². The number of allylic oxidation sites excluding steroid dienone is 1. The van der Waals surface area contributed by atoms with Crippen LogP contribution in [-0.4, -0.2) is 54.2 Å². The Labute approximate surface area is 117 Å². The zero-order chi connectivity index (χ0) is 13.6. The van der Waals surface area contributed by atoms with Crippen LogP contribution in [0.15, 0.2) is 12.3 Å². The molecule has 2 atom stereocenters. The van der Waals surface area contributed by atoms with Crippen LogP contribution in [-0.2, 0) is 4.74 Å². The van der Waals surface area contributed by atoms with Crippen LogP contribution in [0.1, 0.15) is 40.0 Å². The Morgan fingerprint density at radius 3 is 2.53 bits per heavy atom. The number of piperazine rings is 1. The Balaban J connectivity index is 1.52. The zero-order valence-corrected chi connectivity index (χ0v) is 12.7. The number of hydrogen-bond donors (Lipinski definition) is 0. The minimum absolute atomic E-state index is 0.367. The van der Waals surface area contributed by atoms with E-state index in [0.717, 1.165) is 18.7 Å². The standard InChI is InChI=1S/C16H28N2O/c1-12(2)18-9-14-7-15(18)8-17(14)10-16(5-6-16)11-19-13(3)4/h13-15H,1,5-11H2,2-4H3. The summed E-state index contributed by atoms with van der Waals surface area (Å²) in [4.78, 5) is 5.23. The highest BCUT2D eigenvalue weighted by Crippen LogP contribution is 2.48. The quantitative estimate of drug-likeness (QED) is 0.733. The smallest absolute Gasteiger partial charge is 0.0538 e. The van der Waals surface area contributed by atoms with E-state index in [9.17, 15) is 0 Å². The molecule has 1 aliphatic carbocycles. The monoisotopic (exact) mass is 264 g/mol. The molecular formula is C16H28N2O. The molecule has 3 fully saturated rings. The van der Waals surface area contributed by atoms with Crippen molar-refractivity contribution in [3.63, 3.8) is 0 Å². The Hall–Kier alpha value is -0.540. The summed E-state index contributed by atoms with van der Waals surface area (Å²) in [5.74, 6) is 0. The number of fused-ring (bicyclic) bond motifs is 2. The van der Waals surface area contributed by atoms with E-state index in [0.29, 0.717) is 11.5 Å². The fraction of sp³-hybridized carbons (Fsp3) is 0.875. The second-order valence-electron chi connectivity index (χ2n) is 7.22. The molecule has 3 nitrogen and oxygen atoms in total. The van der Waals surface area contributed by atoms with E-state index >= 15 is 0 Å². The molecule has 1 saturated carbocycles. The normalized spacial score (nSPS) is 32.3. The molecule has 2 bridgehead atoms. The summed E-state index contributed by atoms with van der Waals surface area (Å²) in [7, 11) is 0. The maximum atomic E-state index is 5.87. The molecule has 3 heteroatoms. The van der Waals surface area contributed by atoms with Gasteiger partial charge in [0.15, 0.2) is 0 Å². The van der Waals surface area contributed by atoms with E-state index in [1.54, 1.807) is 0 Å². The van der Waals surface area contributed by atoms with Gasteiger partial charge >= 0.3 is 0 Å². The van der Waals surface area contributed by atoms with Gasteiger partial charge in [-0.15, -0.1) is 0 Å². The van der Waals surface area contributed by atoms with E-state index in [-0.39, 0.29) is 0 Å². The third kappa shape index (κ3) is 2.68. The Morgan fingerprint density at radius 2 is 2.05 bits per heavy atom. The van der Waals surface area contributed by atoms with Crippen LogP contribution in [0.4, 0.5) is 0 Å². The fourth-order valence-electron chi connectivity index (χ4n) is 3.71. The molecule has 0 N–H and O–H groups in total. The average molecular weight is 264 g/mol. The van der Waals surface area contributed by atoms with Gasteiger partial charge in [-0.25, -0.2) is 0 Å². The first-order chi connectivity index (χ1) is 8.99. The predicted molar refractivity (Wildman–Crippen MR) is 78.0 cm³/mol. The molecule has 0 aromatic rings. The molecule has 2 saturated heterocycles. The lowest BCUT2D eigenvalue weighted by Crippen LogP contribution is -2.47. The van der Waals surface area contributed by atoms with Crippen molar-refractivity contribution in [2.45, 2.75) is 58.2 Å². The van der Waals surface area contributed by atoms with Gasteiger partial charge in [0, 0.05) is 42.8 Å². The Kier molecular flexibility index (Phi) is 3.38. The first-order valence-electron chi connectivity index (χ1n) is 7.77. The van der Waals surface area contributed by atoms with Gasteiger partial charge in [0.2, 0.25) is 0 Å². The molecule has 0 amide bonds. The summed E-state index contributed by atoms with van der Waals surface area (Å²) in [5.41, 5.74) is 1.74. The molecular weight excluding hydrogens is 236 g/mol. The van der Waals surface area contributed by atoms with Crippen molar-refractivity contribution in [1.29, 1.82) is 0 Å². The first kappa shape index (κ1) is 13.4. The highest BCUT2D eigenvalue weighted by atomic mass is 16.5. The second-order valence-corrected chi connectivity index (χ2v) is 7.22. The van der Waals surface area contributed by atoms with Gasteiger partial charge in [0.25, 0.3) is 0 Å². The molecule has 108 valence electrons. The highest BCUT2D eigenvalue weighted by Gasteiger charge is 2.50.